The van der Waals surface area contributed by atoms with Gasteiger partial charge >= 0.3 is 0 Å². The molecule has 6 nitrogen and oxygen atoms in total. The fourth-order valence-electron chi connectivity index (χ4n) is 3.42. The summed E-state index contributed by atoms with van der Waals surface area (Å²) in [5.74, 6) is 0.703. The Morgan fingerprint density at radius 2 is 2.27 bits per heavy atom. The highest BCUT2D eigenvalue weighted by molar-refractivity contribution is 5.98. The van der Waals surface area contributed by atoms with Crippen molar-refractivity contribution in [1.29, 1.82) is 0 Å². The Hall–Kier alpha value is -2.86. The highest BCUT2D eigenvalue weighted by Gasteiger charge is 2.36. The summed E-state index contributed by atoms with van der Waals surface area (Å²) in [6, 6.07) is 11.4. The molecule has 0 aliphatic carbocycles. The van der Waals surface area contributed by atoms with E-state index in [0.717, 1.165) is 17.3 Å². The molecule has 0 radical (unpaired) electrons. The summed E-state index contributed by atoms with van der Waals surface area (Å²) in [4.78, 5) is 22.1. The third kappa shape index (κ3) is 3.28. The van der Waals surface area contributed by atoms with Gasteiger partial charge in [0.05, 0.1) is 18.3 Å². The van der Waals surface area contributed by atoms with Crippen molar-refractivity contribution in [2.45, 2.75) is 18.6 Å². The van der Waals surface area contributed by atoms with E-state index in [4.69, 9.17) is 9.47 Å². The predicted octanol–water partition coefficient (Wildman–Crippen LogP) is 2.87. The van der Waals surface area contributed by atoms with Crippen molar-refractivity contribution in [3.8, 4) is 5.75 Å². The van der Waals surface area contributed by atoms with E-state index in [1.807, 2.05) is 47.5 Å². The number of rotatable bonds is 5. The molecule has 1 fully saturated rings. The zero-order chi connectivity index (χ0) is 17.9. The van der Waals surface area contributed by atoms with Crippen LogP contribution >= 0.6 is 0 Å². The van der Waals surface area contributed by atoms with Crippen LogP contribution in [0.25, 0.3) is 10.9 Å². The first-order valence-electron chi connectivity index (χ1n) is 8.68. The van der Waals surface area contributed by atoms with Gasteiger partial charge in [-0.05, 0) is 42.1 Å². The van der Waals surface area contributed by atoms with Crippen LogP contribution in [-0.2, 0) is 4.74 Å². The topological polar surface area (TPSA) is 67.5 Å². The average Bonchev–Trinajstić information content (AvgIpc) is 3.32. The fourth-order valence-corrected chi connectivity index (χ4v) is 3.42. The van der Waals surface area contributed by atoms with Crippen LogP contribution in [0, 0.1) is 0 Å². The number of nitrogens with one attached hydrogen (secondary N) is 1. The molecule has 2 atom stereocenters. The number of methoxy groups -OCH3 is 1. The van der Waals surface area contributed by atoms with Crippen LogP contribution in [-0.4, -0.2) is 53.2 Å². The number of hydrogen-bond donors (Lipinski definition) is 1. The average molecular weight is 351 g/mol. The molecule has 1 N–H and O–H groups in total. The van der Waals surface area contributed by atoms with Gasteiger partial charge in [-0.2, -0.15) is 0 Å². The minimum absolute atomic E-state index is 0.000775. The number of ether oxygens (including phenoxy) is 2. The van der Waals surface area contributed by atoms with Gasteiger partial charge in [0.25, 0.3) is 5.91 Å². The van der Waals surface area contributed by atoms with Crippen molar-refractivity contribution in [3.63, 3.8) is 0 Å². The van der Waals surface area contributed by atoms with Crippen LogP contribution in [0.1, 0.15) is 16.8 Å². The van der Waals surface area contributed by atoms with Crippen LogP contribution in [0.2, 0.25) is 0 Å². The van der Waals surface area contributed by atoms with E-state index in [0.29, 0.717) is 24.5 Å². The Morgan fingerprint density at radius 1 is 1.35 bits per heavy atom. The van der Waals surface area contributed by atoms with Crippen molar-refractivity contribution >= 4 is 16.8 Å². The van der Waals surface area contributed by atoms with E-state index in [9.17, 15) is 4.79 Å². The van der Waals surface area contributed by atoms with Crippen molar-refractivity contribution in [1.82, 2.24) is 14.9 Å². The van der Waals surface area contributed by atoms with Crippen molar-refractivity contribution in [2.75, 3.05) is 20.3 Å². The maximum Gasteiger partial charge on any atom is 0.254 e. The summed E-state index contributed by atoms with van der Waals surface area (Å²) in [6.07, 6.45) is 6.04. The van der Waals surface area contributed by atoms with E-state index in [1.54, 1.807) is 19.5 Å². The largest absolute Gasteiger partial charge is 0.490 e. The van der Waals surface area contributed by atoms with Crippen LogP contribution in [0.4, 0.5) is 0 Å². The van der Waals surface area contributed by atoms with E-state index < -0.39 is 0 Å². The Labute approximate surface area is 151 Å². The summed E-state index contributed by atoms with van der Waals surface area (Å²) in [7, 11) is 1.68. The number of benzene rings is 1. The van der Waals surface area contributed by atoms with Crippen molar-refractivity contribution in [3.05, 3.63) is 60.6 Å². The quantitative estimate of drug-likeness (QED) is 0.767. The molecule has 1 amide bonds. The molecule has 3 aromatic rings. The van der Waals surface area contributed by atoms with Gasteiger partial charge in [-0.25, -0.2) is 0 Å². The number of H-pyrrole nitrogens is 1. The number of hydrogen-bond acceptors (Lipinski definition) is 4. The first kappa shape index (κ1) is 16.6. The Bertz CT molecular complexity index is 893. The molecule has 1 saturated heterocycles. The lowest BCUT2D eigenvalue weighted by Gasteiger charge is -2.24. The summed E-state index contributed by atoms with van der Waals surface area (Å²) in [5, 5.41) is 1.09. The highest BCUT2D eigenvalue weighted by atomic mass is 16.5. The summed E-state index contributed by atoms with van der Waals surface area (Å²) in [6.45, 7) is 0.987. The smallest absolute Gasteiger partial charge is 0.254 e. The first-order valence-corrected chi connectivity index (χ1v) is 8.68. The molecule has 0 unspecified atom stereocenters. The number of pyridine rings is 1. The molecule has 1 aromatic carbocycles. The third-order valence-corrected chi connectivity index (χ3v) is 4.85. The molecule has 1 aliphatic rings. The second-order valence-corrected chi connectivity index (χ2v) is 6.48. The number of aromatic nitrogens is 2. The zero-order valence-corrected chi connectivity index (χ0v) is 14.6. The van der Waals surface area contributed by atoms with E-state index >= 15 is 0 Å². The van der Waals surface area contributed by atoms with E-state index in [2.05, 4.69) is 9.97 Å². The number of carbonyl (C=O) groups excluding carboxylic acids is 1. The molecule has 0 bridgehead atoms. The second-order valence-electron chi connectivity index (χ2n) is 6.48. The number of amides is 1. The van der Waals surface area contributed by atoms with Gasteiger partial charge in [0, 0.05) is 37.1 Å². The van der Waals surface area contributed by atoms with Gasteiger partial charge < -0.3 is 19.4 Å². The van der Waals surface area contributed by atoms with Gasteiger partial charge in [0.2, 0.25) is 0 Å². The Morgan fingerprint density at radius 3 is 3.08 bits per heavy atom. The van der Waals surface area contributed by atoms with Crippen LogP contribution in [0.5, 0.6) is 5.75 Å². The molecule has 2 aromatic heterocycles. The molecule has 0 spiro atoms. The lowest BCUT2D eigenvalue weighted by Crippen LogP contribution is -2.39. The van der Waals surface area contributed by atoms with E-state index in [1.165, 1.54) is 0 Å². The maximum atomic E-state index is 13.1. The standard InChI is InChI=1S/C20H21N3O3/c1-25-18-10-16(13-26-17-3-2-7-21-11-17)23(12-18)20(24)15-5-4-14-6-8-22-19(14)9-15/h2-9,11,16,18,22H,10,12-13H2,1H3/t16-,18+/m0/s1. The van der Waals surface area contributed by atoms with Crippen molar-refractivity contribution < 1.29 is 14.3 Å². The van der Waals surface area contributed by atoms with Gasteiger partial charge in [0.15, 0.2) is 0 Å². The number of nitrogens with zero attached hydrogens (tertiary/aromatic N) is 2. The number of carbonyl (C=O) groups is 1. The summed E-state index contributed by atoms with van der Waals surface area (Å²) in [5.41, 5.74) is 1.63. The Kier molecular flexibility index (Phi) is 4.58. The normalized spacial score (nSPS) is 19.8. The van der Waals surface area contributed by atoms with Crippen LogP contribution < -0.4 is 4.74 Å². The second kappa shape index (κ2) is 7.17. The molecular formula is C20H21N3O3. The summed E-state index contributed by atoms with van der Waals surface area (Å²) >= 11 is 0. The lowest BCUT2D eigenvalue weighted by atomic mass is 10.1. The molecule has 3 heterocycles. The van der Waals surface area contributed by atoms with Gasteiger partial charge in [-0.3, -0.25) is 9.78 Å². The minimum Gasteiger partial charge on any atom is -0.490 e. The molecule has 26 heavy (non-hydrogen) atoms. The maximum absolute atomic E-state index is 13.1. The number of aromatic amines is 1. The SMILES string of the molecule is CO[C@@H]1C[C@@H](COc2cccnc2)N(C(=O)c2ccc3cc[nH]c3c2)C1. The van der Waals surface area contributed by atoms with E-state index in [-0.39, 0.29) is 18.1 Å². The Balaban J connectivity index is 1.52. The van der Waals surface area contributed by atoms with Gasteiger partial charge in [-0.15, -0.1) is 0 Å². The third-order valence-electron chi connectivity index (χ3n) is 4.85. The lowest BCUT2D eigenvalue weighted by molar-refractivity contribution is 0.0658. The molecular weight excluding hydrogens is 330 g/mol. The van der Waals surface area contributed by atoms with Gasteiger partial charge in [-0.1, -0.05) is 6.07 Å². The minimum atomic E-state index is -0.0352. The van der Waals surface area contributed by atoms with Crippen molar-refractivity contribution in [2.24, 2.45) is 0 Å². The first-order chi connectivity index (χ1) is 12.7. The highest BCUT2D eigenvalue weighted by Crippen LogP contribution is 2.24. The molecule has 4 rings (SSSR count). The zero-order valence-electron chi connectivity index (χ0n) is 14.6. The molecule has 0 saturated carbocycles. The number of fused-ring (bicyclic) bond motifs is 1. The van der Waals surface area contributed by atoms with Crippen LogP contribution in [0.15, 0.2) is 55.0 Å². The van der Waals surface area contributed by atoms with Gasteiger partial charge in [0.1, 0.15) is 12.4 Å². The molecule has 134 valence electrons. The molecule has 6 heteroatoms. The van der Waals surface area contributed by atoms with Crippen LogP contribution in [0.3, 0.4) is 0 Å². The summed E-state index contributed by atoms with van der Waals surface area (Å²) < 4.78 is 11.3. The predicted molar refractivity (Wildman–Crippen MR) is 98.3 cm³/mol. The molecule has 1 aliphatic heterocycles. The number of likely N-dealkylation sites (tertiary alicyclic amines) is 1. The monoisotopic (exact) mass is 351 g/mol. The fraction of sp³-hybridized carbons (Fsp3) is 0.300.